The topological polar surface area (TPSA) is 29.9 Å². The van der Waals surface area contributed by atoms with Gasteiger partial charge in [-0.3, -0.25) is 0 Å². The van der Waals surface area contributed by atoms with E-state index in [0.29, 0.717) is 6.04 Å². The summed E-state index contributed by atoms with van der Waals surface area (Å²) in [7, 11) is 0. The van der Waals surface area contributed by atoms with Crippen LogP contribution in [0.5, 0.6) is 0 Å². The second-order valence-corrected chi connectivity index (χ2v) is 5.95. The van der Waals surface area contributed by atoms with Crippen molar-refractivity contribution < 1.29 is 0 Å². The van der Waals surface area contributed by atoms with Gasteiger partial charge in [-0.2, -0.15) is 0 Å². The summed E-state index contributed by atoms with van der Waals surface area (Å²) in [6.45, 7) is 8.96. The highest BCUT2D eigenvalue weighted by atomic mass is 15.1. The van der Waals surface area contributed by atoms with Crippen LogP contribution in [0.1, 0.15) is 45.5 Å². The first-order valence-electron chi connectivity index (χ1n) is 7.36. The first-order chi connectivity index (χ1) is 9.18. The first-order valence-corrected chi connectivity index (χ1v) is 7.36. The molecule has 0 spiro atoms. The molecule has 1 aromatic carbocycles. The third-order valence-corrected chi connectivity index (χ3v) is 4.51. The molecule has 0 radical (unpaired) electrons. The van der Waals surface area contributed by atoms with Crippen LogP contribution in [-0.4, -0.2) is 22.6 Å². The number of fused-ring (bicyclic) bond motifs is 1. The van der Waals surface area contributed by atoms with Crippen molar-refractivity contribution in [2.24, 2.45) is 0 Å². The predicted octanol–water partition coefficient (Wildman–Crippen LogP) is 3.26. The zero-order valence-corrected chi connectivity index (χ0v) is 12.1. The van der Waals surface area contributed by atoms with Gasteiger partial charge >= 0.3 is 0 Å². The Morgan fingerprint density at radius 1 is 1.37 bits per heavy atom. The summed E-state index contributed by atoms with van der Waals surface area (Å²) in [5, 5.41) is 3.52. The molecule has 0 aliphatic carbocycles. The van der Waals surface area contributed by atoms with Crippen molar-refractivity contribution >= 4 is 11.0 Å². The van der Waals surface area contributed by atoms with Gasteiger partial charge in [-0.25, -0.2) is 4.98 Å². The molecule has 1 aliphatic rings. The Morgan fingerprint density at radius 3 is 2.79 bits per heavy atom. The minimum atomic E-state index is 0.212. The van der Waals surface area contributed by atoms with E-state index < -0.39 is 0 Å². The molecule has 1 atom stereocenters. The second-order valence-electron chi connectivity index (χ2n) is 5.95. The van der Waals surface area contributed by atoms with Crippen molar-refractivity contribution in [1.82, 2.24) is 14.9 Å². The molecular weight excluding hydrogens is 234 g/mol. The van der Waals surface area contributed by atoms with Gasteiger partial charge in [0.2, 0.25) is 0 Å². The fourth-order valence-corrected chi connectivity index (χ4v) is 3.34. The van der Waals surface area contributed by atoms with Crippen molar-refractivity contribution in [3.05, 3.63) is 30.1 Å². The minimum Gasteiger partial charge on any atom is -0.325 e. The number of hydrogen-bond donors (Lipinski definition) is 1. The Labute approximate surface area is 115 Å². The molecule has 3 nitrogen and oxygen atoms in total. The number of aromatic nitrogens is 2. The lowest BCUT2D eigenvalue weighted by molar-refractivity contribution is 0.394. The maximum Gasteiger partial charge on any atom is 0.117 e. The molecule has 19 heavy (non-hydrogen) atoms. The van der Waals surface area contributed by atoms with Gasteiger partial charge in [-0.1, -0.05) is 19.1 Å². The van der Waals surface area contributed by atoms with E-state index in [1.54, 1.807) is 0 Å². The van der Waals surface area contributed by atoms with Crippen LogP contribution in [0.2, 0.25) is 0 Å². The van der Waals surface area contributed by atoms with E-state index >= 15 is 0 Å². The van der Waals surface area contributed by atoms with E-state index in [-0.39, 0.29) is 5.41 Å². The zero-order chi connectivity index (χ0) is 13.5. The number of imidazole rings is 1. The van der Waals surface area contributed by atoms with E-state index in [1.807, 2.05) is 0 Å². The molecule has 2 aromatic rings. The van der Waals surface area contributed by atoms with Crippen molar-refractivity contribution in [3.8, 4) is 0 Å². The Bertz CT molecular complexity index is 577. The van der Waals surface area contributed by atoms with Crippen LogP contribution in [0.3, 0.4) is 0 Å². The third-order valence-electron chi connectivity index (χ3n) is 4.51. The summed E-state index contributed by atoms with van der Waals surface area (Å²) in [6.07, 6.45) is 2.34. The molecule has 1 aromatic heterocycles. The van der Waals surface area contributed by atoms with Gasteiger partial charge in [-0.15, -0.1) is 0 Å². The monoisotopic (exact) mass is 257 g/mol. The third kappa shape index (κ3) is 1.88. The number of nitrogens with zero attached hydrogens (tertiary/aromatic N) is 2. The molecule has 1 N–H and O–H groups in total. The first kappa shape index (κ1) is 12.7. The largest absolute Gasteiger partial charge is 0.325 e. The van der Waals surface area contributed by atoms with Gasteiger partial charge < -0.3 is 9.88 Å². The molecular formula is C16H23N3. The fourth-order valence-electron chi connectivity index (χ4n) is 3.34. The van der Waals surface area contributed by atoms with Gasteiger partial charge in [0.25, 0.3) is 0 Å². The van der Waals surface area contributed by atoms with Gasteiger partial charge in [0.15, 0.2) is 0 Å². The van der Waals surface area contributed by atoms with Crippen molar-refractivity contribution in [2.75, 3.05) is 13.1 Å². The highest BCUT2D eigenvalue weighted by Gasteiger charge is 2.38. The SMILES string of the molecule is CCC1(c2nc3ccccc3n2C(C)C)CCNC1. The van der Waals surface area contributed by atoms with Crippen molar-refractivity contribution in [3.63, 3.8) is 0 Å². The average Bonchev–Trinajstić information content (AvgIpc) is 3.03. The summed E-state index contributed by atoms with van der Waals surface area (Å²) < 4.78 is 2.44. The molecule has 1 unspecified atom stereocenters. The normalized spacial score (nSPS) is 23.6. The van der Waals surface area contributed by atoms with Gasteiger partial charge in [0.1, 0.15) is 5.82 Å². The molecule has 2 heterocycles. The Balaban J connectivity index is 2.25. The van der Waals surface area contributed by atoms with Crippen LogP contribution in [0.15, 0.2) is 24.3 Å². The van der Waals surface area contributed by atoms with Crippen LogP contribution >= 0.6 is 0 Å². The number of para-hydroxylation sites is 2. The van der Waals surface area contributed by atoms with E-state index in [1.165, 1.54) is 17.8 Å². The fraction of sp³-hybridized carbons (Fsp3) is 0.562. The van der Waals surface area contributed by atoms with E-state index in [4.69, 9.17) is 4.98 Å². The number of nitrogens with one attached hydrogen (secondary N) is 1. The van der Waals surface area contributed by atoms with Crippen molar-refractivity contribution in [2.45, 2.75) is 45.1 Å². The lowest BCUT2D eigenvalue weighted by Gasteiger charge is -2.28. The molecule has 3 heteroatoms. The molecule has 102 valence electrons. The average molecular weight is 257 g/mol. The number of benzene rings is 1. The summed E-state index contributed by atoms with van der Waals surface area (Å²) in [4.78, 5) is 4.98. The molecule has 3 rings (SSSR count). The summed E-state index contributed by atoms with van der Waals surface area (Å²) in [6, 6.07) is 8.96. The summed E-state index contributed by atoms with van der Waals surface area (Å²) in [5.74, 6) is 1.27. The standard InChI is InChI=1S/C16H23N3/c1-4-16(9-10-17-11-16)15-18-13-7-5-6-8-14(13)19(15)12(2)3/h5-8,12,17H,4,9-11H2,1-3H3. The van der Waals surface area contributed by atoms with Gasteiger partial charge in [-0.05, 0) is 45.4 Å². The zero-order valence-electron chi connectivity index (χ0n) is 12.1. The van der Waals surface area contributed by atoms with Crippen LogP contribution in [0.4, 0.5) is 0 Å². The maximum absolute atomic E-state index is 4.98. The molecule has 1 saturated heterocycles. The van der Waals surface area contributed by atoms with Gasteiger partial charge in [0.05, 0.1) is 11.0 Å². The lowest BCUT2D eigenvalue weighted by Crippen LogP contribution is -2.32. The van der Waals surface area contributed by atoms with Gasteiger partial charge in [0, 0.05) is 18.0 Å². The van der Waals surface area contributed by atoms with E-state index in [2.05, 4.69) is 54.9 Å². The maximum atomic E-state index is 4.98. The highest BCUT2D eigenvalue weighted by molar-refractivity contribution is 5.76. The summed E-state index contributed by atoms with van der Waals surface area (Å²) in [5.41, 5.74) is 2.61. The Kier molecular flexibility index (Phi) is 3.09. The molecule has 0 amide bonds. The quantitative estimate of drug-likeness (QED) is 0.914. The van der Waals surface area contributed by atoms with E-state index in [9.17, 15) is 0 Å². The highest BCUT2D eigenvalue weighted by Crippen LogP contribution is 2.36. The molecule has 1 aliphatic heterocycles. The lowest BCUT2D eigenvalue weighted by atomic mass is 9.83. The summed E-state index contributed by atoms with van der Waals surface area (Å²) >= 11 is 0. The second kappa shape index (κ2) is 4.64. The van der Waals surface area contributed by atoms with Crippen LogP contribution < -0.4 is 5.32 Å². The van der Waals surface area contributed by atoms with E-state index in [0.717, 1.165) is 25.0 Å². The van der Waals surface area contributed by atoms with Crippen LogP contribution in [-0.2, 0) is 5.41 Å². The van der Waals surface area contributed by atoms with Crippen LogP contribution in [0, 0.1) is 0 Å². The number of rotatable bonds is 3. The molecule has 0 saturated carbocycles. The predicted molar refractivity (Wildman–Crippen MR) is 79.6 cm³/mol. The molecule has 0 bridgehead atoms. The minimum absolute atomic E-state index is 0.212. The Morgan fingerprint density at radius 2 is 2.16 bits per heavy atom. The van der Waals surface area contributed by atoms with Crippen LogP contribution in [0.25, 0.3) is 11.0 Å². The smallest absolute Gasteiger partial charge is 0.117 e. The number of hydrogen-bond acceptors (Lipinski definition) is 2. The molecule has 1 fully saturated rings. The van der Waals surface area contributed by atoms with Crippen molar-refractivity contribution in [1.29, 1.82) is 0 Å². The Hall–Kier alpha value is -1.35.